The summed E-state index contributed by atoms with van der Waals surface area (Å²) in [5.74, 6) is 1.62. The van der Waals surface area contributed by atoms with Gasteiger partial charge in [-0.05, 0) is 19.4 Å². The van der Waals surface area contributed by atoms with Crippen molar-refractivity contribution < 1.29 is 4.74 Å². The van der Waals surface area contributed by atoms with Crippen LogP contribution in [-0.2, 0) is 12.3 Å². The highest BCUT2D eigenvalue weighted by Crippen LogP contribution is 2.26. The zero-order chi connectivity index (χ0) is 14.4. The normalized spacial score (nSPS) is 10.7. The molecule has 0 spiro atoms. The molecule has 0 atom stereocenters. The largest absolute Gasteiger partial charge is 0.494 e. The molecule has 6 heteroatoms. The molecule has 1 aromatic carbocycles. The van der Waals surface area contributed by atoms with E-state index in [0.29, 0.717) is 13.2 Å². The second-order valence-electron chi connectivity index (χ2n) is 4.29. The second-order valence-corrected chi connectivity index (χ2v) is 5.23. The van der Waals surface area contributed by atoms with Crippen LogP contribution in [0.3, 0.4) is 0 Å². The highest BCUT2D eigenvalue weighted by molar-refractivity contribution is 7.98. The lowest BCUT2D eigenvalue weighted by Crippen LogP contribution is -2.17. The first-order chi connectivity index (χ1) is 9.76. The summed E-state index contributed by atoms with van der Waals surface area (Å²) in [6.07, 6.45) is 0.905. The number of ether oxygens (including phenoxy) is 1. The minimum atomic E-state index is -0.146. The Balaban J connectivity index is 2.11. The molecule has 0 amide bonds. The smallest absolute Gasteiger partial charge is 0.343 e. The quantitative estimate of drug-likeness (QED) is 0.797. The summed E-state index contributed by atoms with van der Waals surface area (Å²) in [6, 6.07) is 7.94. The summed E-state index contributed by atoms with van der Waals surface area (Å²) in [5, 5.41) is 7.30. The van der Waals surface area contributed by atoms with Crippen molar-refractivity contribution in [3.63, 3.8) is 0 Å². The first-order valence-corrected chi connectivity index (χ1v) is 7.73. The van der Waals surface area contributed by atoms with Crippen LogP contribution in [0.1, 0.15) is 25.8 Å². The van der Waals surface area contributed by atoms with E-state index in [1.54, 1.807) is 16.3 Å². The summed E-state index contributed by atoms with van der Waals surface area (Å²) in [6.45, 7) is 5.34. The van der Waals surface area contributed by atoms with E-state index in [2.05, 4.69) is 10.2 Å². The Hall–Kier alpha value is -1.69. The van der Waals surface area contributed by atoms with Crippen LogP contribution in [0.4, 0.5) is 0 Å². The number of nitrogens with one attached hydrogen (secondary N) is 1. The number of H-pyrrole nitrogens is 1. The van der Waals surface area contributed by atoms with E-state index in [1.807, 2.05) is 38.1 Å². The topological polar surface area (TPSA) is 59.9 Å². The molecular weight excluding hydrogens is 274 g/mol. The van der Waals surface area contributed by atoms with Gasteiger partial charge in [0.15, 0.2) is 5.16 Å². The molecule has 0 saturated carbocycles. The van der Waals surface area contributed by atoms with Crippen LogP contribution in [0.2, 0.25) is 0 Å². The molecule has 1 N–H and O–H groups in total. The van der Waals surface area contributed by atoms with Gasteiger partial charge in [0, 0.05) is 17.9 Å². The molecule has 1 aromatic heterocycles. The lowest BCUT2D eigenvalue weighted by Gasteiger charge is -2.09. The van der Waals surface area contributed by atoms with Gasteiger partial charge in [-0.15, -0.1) is 5.10 Å². The summed E-state index contributed by atoms with van der Waals surface area (Å²) < 4.78 is 7.27. The lowest BCUT2D eigenvalue weighted by molar-refractivity contribution is 0.337. The van der Waals surface area contributed by atoms with Gasteiger partial charge >= 0.3 is 5.69 Å². The van der Waals surface area contributed by atoms with Crippen LogP contribution in [0, 0.1) is 0 Å². The van der Waals surface area contributed by atoms with Crippen LogP contribution < -0.4 is 10.4 Å². The van der Waals surface area contributed by atoms with E-state index in [1.165, 1.54) is 0 Å². The Morgan fingerprint density at radius 3 is 2.90 bits per heavy atom. The van der Waals surface area contributed by atoms with Crippen molar-refractivity contribution in [2.45, 2.75) is 37.7 Å². The van der Waals surface area contributed by atoms with E-state index < -0.39 is 0 Å². The third-order valence-electron chi connectivity index (χ3n) is 2.80. The van der Waals surface area contributed by atoms with Gasteiger partial charge in [-0.2, -0.15) is 0 Å². The Kier molecular flexibility index (Phi) is 5.29. The average molecular weight is 293 g/mol. The van der Waals surface area contributed by atoms with E-state index in [0.717, 1.165) is 28.6 Å². The molecule has 2 rings (SSSR count). The number of rotatable bonds is 7. The molecule has 20 heavy (non-hydrogen) atoms. The Labute approximate surface area is 122 Å². The van der Waals surface area contributed by atoms with E-state index in [9.17, 15) is 4.79 Å². The number of hydrogen-bond donors (Lipinski definition) is 1. The van der Waals surface area contributed by atoms with E-state index >= 15 is 0 Å². The van der Waals surface area contributed by atoms with Crippen LogP contribution in [0.25, 0.3) is 0 Å². The first-order valence-electron chi connectivity index (χ1n) is 6.75. The van der Waals surface area contributed by atoms with Crippen molar-refractivity contribution in [2.24, 2.45) is 0 Å². The van der Waals surface area contributed by atoms with Crippen molar-refractivity contribution in [3.05, 3.63) is 40.3 Å². The van der Waals surface area contributed by atoms with Gasteiger partial charge in [-0.1, -0.05) is 36.9 Å². The number of nitrogens with zero attached hydrogens (tertiary/aromatic N) is 2. The number of benzene rings is 1. The van der Waals surface area contributed by atoms with Gasteiger partial charge in [0.05, 0.1) is 6.61 Å². The third-order valence-corrected chi connectivity index (χ3v) is 3.82. The fourth-order valence-electron chi connectivity index (χ4n) is 1.90. The van der Waals surface area contributed by atoms with Crippen molar-refractivity contribution in [2.75, 3.05) is 6.61 Å². The Bertz CT molecular complexity index is 606. The maximum absolute atomic E-state index is 11.6. The molecule has 0 unspecified atom stereocenters. The van der Waals surface area contributed by atoms with Gasteiger partial charge in [-0.3, -0.25) is 4.57 Å². The monoisotopic (exact) mass is 293 g/mol. The molecule has 2 aromatic rings. The molecule has 108 valence electrons. The lowest BCUT2D eigenvalue weighted by atomic mass is 10.2. The molecule has 0 radical (unpaired) electrons. The highest BCUT2D eigenvalue weighted by atomic mass is 32.2. The number of para-hydroxylation sites is 1. The fraction of sp³-hybridized carbons (Fsp3) is 0.429. The molecule has 0 aliphatic rings. The van der Waals surface area contributed by atoms with E-state index in [4.69, 9.17) is 4.74 Å². The van der Waals surface area contributed by atoms with Crippen molar-refractivity contribution >= 4 is 11.8 Å². The first kappa shape index (κ1) is 14.7. The number of aromatic nitrogens is 3. The number of aromatic amines is 1. The summed E-state index contributed by atoms with van der Waals surface area (Å²) in [7, 11) is 0. The number of thioether (sulfide) groups is 1. The van der Waals surface area contributed by atoms with Gasteiger partial charge in [0.1, 0.15) is 5.75 Å². The zero-order valence-corrected chi connectivity index (χ0v) is 12.6. The summed E-state index contributed by atoms with van der Waals surface area (Å²) in [5.41, 5.74) is 0.963. The minimum Gasteiger partial charge on any atom is -0.494 e. The fourth-order valence-corrected chi connectivity index (χ4v) is 2.86. The van der Waals surface area contributed by atoms with Crippen molar-refractivity contribution in [1.82, 2.24) is 14.8 Å². The maximum atomic E-state index is 11.6. The number of hydrogen-bond acceptors (Lipinski definition) is 4. The minimum absolute atomic E-state index is 0.146. The summed E-state index contributed by atoms with van der Waals surface area (Å²) in [4.78, 5) is 11.6. The maximum Gasteiger partial charge on any atom is 0.343 e. The second kappa shape index (κ2) is 7.19. The van der Waals surface area contributed by atoms with Gasteiger partial charge < -0.3 is 4.74 Å². The van der Waals surface area contributed by atoms with Gasteiger partial charge in [0.2, 0.25) is 0 Å². The predicted octanol–water partition coefficient (Wildman–Crippen LogP) is 2.67. The van der Waals surface area contributed by atoms with Crippen LogP contribution in [-0.4, -0.2) is 21.4 Å². The van der Waals surface area contributed by atoms with Crippen LogP contribution in [0.5, 0.6) is 5.75 Å². The zero-order valence-electron chi connectivity index (χ0n) is 11.8. The third kappa shape index (κ3) is 3.45. The molecule has 1 heterocycles. The van der Waals surface area contributed by atoms with Crippen LogP contribution >= 0.6 is 11.8 Å². The Morgan fingerprint density at radius 2 is 2.15 bits per heavy atom. The van der Waals surface area contributed by atoms with Crippen molar-refractivity contribution in [1.29, 1.82) is 0 Å². The molecule has 0 saturated heterocycles. The molecule has 0 fully saturated rings. The predicted molar refractivity (Wildman–Crippen MR) is 80.3 cm³/mol. The van der Waals surface area contributed by atoms with E-state index in [-0.39, 0.29) is 5.69 Å². The highest BCUT2D eigenvalue weighted by Gasteiger charge is 2.10. The van der Waals surface area contributed by atoms with Crippen molar-refractivity contribution in [3.8, 4) is 5.75 Å². The molecular formula is C14H19N3O2S. The van der Waals surface area contributed by atoms with Gasteiger partial charge in [0.25, 0.3) is 0 Å². The summed E-state index contributed by atoms with van der Waals surface area (Å²) >= 11 is 1.54. The standard InChI is InChI=1S/C14H19N3O2S/c1-3-9-17-13(18)15-16-14(17)20-10-11-7-5-6-8-12(11)19-4-2/h5-8H,3-4,9-10H2,1-2H3,(H,15,18). The molecule has 5 nitrogen and oxygen atoms in total. The average Bonchev–Trinajstić information content (AvgIpc) is 2.80. The molecule has 0 bridgehead atoms. The molecule has 0 aliphatic heterocycles. The Morgan fingerprint density at radius 1 is 1.35 bits per heavy atom. The molecule has 0 aliphatic carbocycles. The van der Waals surface area contributed by atoms with Gasteiger partial charge in [-0.25, -0.2) is 9.89 Å². The SMILES string of the molecule is CCCn1c(SCc2ccccc2OCC)n[nH]c1=O. The van der Waals surface area contributed by atoms with Crippen LogP contribution in [0.15, 0.2) is 34.2 Å².